The van der Waals surface area contributed by atoms with Gasteiger partial charge in [-0.05, 0) is 64.8 Å². The van der Waals surface area contributed by atoms with Crippen LogP contribution in [0.25, 0.3) is 0 Å². The number of carbonyl (C=O) groups is 2. The van der Waals surface area contributed by atoms with E-state index in [0.717, 1.165) is 14.9 Å². The number of benzene rings is 2. The molecule has 132 valence electrons. The second-order valence-corrected chi connectivity index (χ2v) is 6.75. The number of rotatable bonds is 6. The number of quaternary nitrogens is 1. The lowest BCUT2D eigenvalue weighted by Crippen LogP contribution is -3.11. The third-order valence-electron chi connectivity index (χ3n) is 3.45. The standard InChI is InChI=1S/C18H19BrFN3O2/c1-12-3-8-16(15(19)9-12)22-18(25)11-23(2)10-17(24)21-14-6-4-13(20)5-7-14/h3-9H,10-11H2,1-2H3,(H,21,24)(H,22,25)/p+1. The maximum absolute atomic E-state index is 12.8. The number of aryl methyl sites for hydroxylation is 1. The number of carbonyl (C=O) groups excluding carboxylic acids is 2. The highest BCUT2D eigenvalue weighted by molar-refractivity contribution is 9.10. The Labute approximate surface area is 154 Å². The summed E-state index contributed by atoms with van der Waals surface area (Å²) < 4.78 is 13.7. The van der Waals surface area contributed by atoms with Crippen LogP contribution in [-0.2, 0) is 9.59 Å². The van der Waals surface area contributed by atoms with Crippen molar-refractivity contribution < 1.29 is 18.9 Å². The zero-order chi connectivity index (χ0) is 18.4. The summed E-state index contributed by atoms with van der Waals surface area (Å²) in [5, 5.41) is 5.49. The molecule has 0 saturated carbocycles. The van der Waals surface area contributed by atoms with Crippen LogP contribution in [0, 0.1) is 12.7 Å². The second-order valence-electron chi connectivity index (χ2n) is 5.90. The van der Waals surface area contributed by atoms with E-state index in [4.69, 9.17) is 0 Å². The van der Waals surface area contributed by atoms with Gasteiger partial charge in [-0.3, -0.25) is 9.59 Å². The molecule has 2 rings (SSSR count). The second kappa shape index (κ2) is 8.73. The highest BCUT2D eigenvalue weighted by Gasteiger charge is 2.15. The Hall–Kier alpha value is -2.25. The molecule has 0 aliphatic carbocycles. The van der Waals surface area contributed by atoms with Crippen LogP contribution in [0.1, 0.15) is 5.56 Å². The van der Waals surface area contributed by atoms with Gasteiger partial charge in [0.05, 0.1) is 12.7 Å². The Morgan fingerprint density at radius 1 is 1.04 bits per heavy atom. The number of likely N-dealkylation sites (N-methyl/N-ethyl adjacent to an activating group) is 1. The maximum Gasteiger partial charge on any atom is 0.279 e. The third-order valence-corrected chi connectivity index (χ3v) is 4.11. The summed E-state index contributed by atoms with van der Waals surface area (Å²) in [5.74, 6) is -0.787. The topological polar surface area (TPSA) is 62.6 Å². The zero-order valence-electron chi connectivity index (χ0n) is 14.0. The minimum Gasteiger partial charge on any atom is -0.322 e. The van der Waals surface area contributed by atoms with E-state index in [1.54, 1.807) is 7.05 Å². The summed E-state index contributed by atoms with van der Waals surface area (Å²) in [7, 11) is 1.76. The number of halogens is 2. The highest BCUT2D eigenvalue weighted by Crippen LogP contribution is 2.23. The summed E-state index contributed by atoms with van der Waals surface area (Å²) in [6.45, 7) is 2.24. The molecule has 0 fully saturated rings. The first-order valence-electron chi connectivity index (χ1n) is 7.76. The molecule has 0 radical (unpaired) electrons. The first-order valence-corrected chi connectivity index (χ1v) is 8.55. The third kappa shape index (κ3) is 6.28. The average Bonchev–Trinajstić information content (AvgIpc) is 2.52. The Bertz CT molecular complexity index is 765. The van der Waals surface area contributed by atoms with Gasteiger partial charge >= 0.3 is 0 Å². The van der Waals surface area contributed by atoms with Gasteiger partial charge in [-0.25, -0.2) is 4.39 Å². The fourth-order valence-corrected chi connectivity index (χ4v) is 2.86. The molecule has 0 heterocycles. The molecule has 0 bridgehead atoms. The smallest absolute Gasteiger partial charge is 0.279 e. The molecule has 7 heteroatoms. The van der Waals surface area contributed by atoms with Crippen molar-refractivity contribution in [1.82, 2.24) is 0 Å². The molecular formula is C18H20BrFN3O2+. The fourth-order valence-electron chi connectivity index (χ4n) is 2.26. The zero-order valence-corrected chi connectivity index (χ0v) is 15.6. The number of amides is 2. The highest BCUT2D eigenvalue weighted by atomic mass is 79.9. The van der Waals surface area contributed by atoms with Gasteiger partial charge in [0.25, 0.3) is 11.8 Å². The van der Waals surface area contributed by atoms with E-state index in [9.17, 15) is 14.0 Å². The van der Waals surface area contributed by atoms with Crippen molar-refractivity contribution >= 4 is 39.1 Å². The van der Waals surface area contributed by atoms with Gasteiger partial charge in [-0.15, -0.1) is 0 Å². The molecule has 0 saturated heterocycles. The lowest BCUT2D eigenvalue weighted by atomic mass is 10.2. The fraction of sp³-hybridized carbons (Fsp3) is 0.222. The van der Waals surface area contributed by atoms with E-state index in [-0.39, 0.29) is 30.7 Å². The molecule has 25 heavy (non-hydrogen) atoms. The van der Waals surface area contributed by atoms with E-state index in [0.29, 0.717) is 11.4 Å². The number of anilines is 2. The van der Waals surface area contributed by atoms with Crippen molar-refractivity contribution in [2.75, 3.05) is 30.8 Å². The lowest BCUT2D eigenvalue weighted by molar-refractivity contribution is -0.862. The van der Waals surface area contributed by atoms with Crippen molar-refractivity contribution in [3.63, 3.8) is 0 Å². The van der Waals surface area contributed by atoms with Crippen LogP contribution in [0.15, 0.2) is 46.9 Å². The molecule has 0 spiro atoms. The summed E-state index contributed by atoms with van der Waals surface area (Å²) >= 11 is 3.41. The van der Waals surface area contributed by atoms with Gasteiger partial charge < -0.3 is 15.5 Å². The van der Waals surface area contributed by atoms with E-state index in [1.807, 2.05) is 25.1 Å². The molecule has 0 aliphatic rings. The maximum atomic E-state index is 12.8. The van der Waals surface area contributed by atoms with Crippen molar-refractivity contribution in [3.05, 3.63) is 58.3 Å². The largest absolute Gasteiger partial charge is 0.322 e. The molecule has 2 aromatic rings. The predicted molar refractivity (Wildman–Crippen MR) is 99.2 cm³/mol. The van der Waals surface area contributed by atoms with Crippen LogP contribution in [-0.4, -0.2) is 32.0 Å². The summed E-state index contributed by atoms with van der Waals surface area (Å²) in [6, 6.07) is 11.2. The van der Waals surface area contributed by atoms with Crippen LogP contribution in [0.3, 0.4) is 0 Å². The molecule has 5 nitrogen and oxygen atoms in total. The summed E-state index contributed by atoms with van der Waals surface area (Å²) in [6.07, 6.45) is 0. The van der Waals surface area contributed by atoms with Crippen LogP contribution in [0.4, 0.5) is 15.8 Å². The summed E-state index contributed by atoms with van der Waals surface area (Å²) in [4.78, 5) is 24.8. The van der Waals surface area contributed by atoms with Gasteiger partial charge in [0.1, 0.15) is 5.82 Å². The summed E-state index contributed by atoms with van der Waals surface area (Å²) in [5.41, 5.74) is 2.30. The minimum atomic E-state index is -0.361. The number of hydrogen-bond acceptors (Lipinski definition) is 2. The molecule has 1 unspecified atom stereocenters. The van der Waals surface area contributed by atoms with Crippen molar-refractivity contribution in [2.24, 2.45) is 0 Å². The van der Waals surface area contributed by atoms with E-state index >= 15 is 0 Å². The lowest BCUT2D eigenvalue weighted by Gasteiger charge is -2.14. The normalized spacial score (nSPS) is 11.7. The van der Waals surface area contributed by atoms with Crippen molar-refractivity contribution in [2.45, 2.75) is 6.92 Å². The number of hydrogen-bond donors (Lipinski definition) is 3. The predicted octanol–water partition coefficient (Wildman–Crippen LogP) is 1.99. The molecule has 2 aromatic carbocycles. The number of nitrogens with one attached hydrogen (secondary N) is 3. The quantitative estimate of drug-likeness (QED) is 0.684. The average molecular weight is 409 g/mol. The van der Waals surface area contributed by atoms with Crippen LogP contribution < -0.4 is 15.5 Å². The van der Waals surface area contributed by atoms with Crippen molar-refractivity contribution in [1.29, 1.82) is 0 Å². The first-order chi connectivity index (χ1) is 11.8. The van der Waals surface area contributed by atoms with E-state index < -0.39 is 0 Å². The molecule has 0 aromatic heterocycles. The molecule has 2 amide bonds. The van der Waals surface area contributed by atoms with Gasteiger partial charge in [0, 0.05) is 10.2 Å². The monoisotopic (exact) mass is 408 g/mol. The van der Waals surface area contributed by atoms with Crippen LogP contribution >= 0.6 is 15.9 Å². The van der Waals surface area contributed by atoms with E-state index in [2.05, 4.69) is 26.6 Å². The van der Waals surface area contributed by atoms with Crippen LogP contribution in [0.5, 0.6) is 0 Å². The van der Waals surface area contributed by atoms with Gasteiger partial charge in [-0.1, -0.05) is 6.07 Å². The molecule has 1 atom stereocenters. The van der Waals surface area contributed by atoms with Gasteiger partial charge in [0.2, 0.25) is 0 Å². The Balaban J connectivity index is 1.82. The van der Waals surface area contributed by atoms with Gasteiger partial charge in [-0.2, -0.15) is 0 Å². The molecule has 0 aliphatic heterocycles. The molecule has 3 N–H and O–H groups in total. The Morgan fingerprint density at radius 2 is 1.64 bits per heavy atom. The Kier molecular flexibility index (Phi) is 6.66. The van der Waals surface area contributed by atoms with Crippen molar-refractivity contribution in [3.8, 4) is 0 Å². The molecular weight excluding hydrogens is 389 g/mol. The van der Waals surface area contributed by atoms with Crippen LogP contribution in [0.2, 0.25) is 0 Å². The SMILES string of the molecule is Cc1ccc(NC(=O)C[NH+](C)CC(=O)Nc2ccc(F)cc2)c(Br)c1. The Morgan fingerprint density at radius 3 is 2.24 bits per heavy atom. The minimum absolute atomic E-state index is 0.125. The van der Waals surface area contributed by atoms with E-state index in [1.165, 1.54) is 24.3 Å². The van der Waals surface area contributed by atoms with Gasteiger partial charge in [0.15, 0.2) is 13.1 Å². The first kappa shape index (κ1) is 19.1.